The van der Waals surface area contributed by atoms with Crippen LogP contribution < -0.4 is 4.74 Å². The summed E-state index contributed by atoms with van der Waals surface area (Å²) in [6, 6.07) is 19.2. The number of carboxylic acid groups (broad SMARTS) is 1. The van der Waals surface area contributed by atoms with Gasteiger partial charge in [-0.1, -0.05) is 42.5 Å². The van der Waals surface area contributed by atoms with Crippen LogP contribution in [-0.2, 0) is 11.2 Å². The van der Waals surface area contributed by atoms with Crippen LogP contribution in [0.2, 0.25) is 0 Å². The Balaban J connectivity index is 0.00000261. The fraction of sp³-hybridized carbons (Fsp3) is 0.409. The number of halogens is 1. The molecule has 0 bridgehead atoms. The van der Waals surface area contributed by atoms with Crippen molar-refractivity contribution in [3.8, 4) is 5.75 Å². The molecule has 2 aromatic carbocycles. The van der Waals surface area contributed by atoms with Gasteiger partial charge in [-0.2, -0.15) is 0 Å². The van der Waals surface area contributed by atoms with Crippen molar-refractivity contribution in [1.29, 1.82) is 0 Å². The van der Waals surface area contributed by atoms with Gasteiger partial charge in [0.15, 0.2) is 0 Å². The van der Waals surface area contributed by atoms with Crippen molar-refractivity contribution < 1.29 is 14.6 Å². The topological polar surface area (TPSA) is 49.8 Å². The van der Waals surface area contributed by atoms with Gasteiger partial charge in [0, 0.05) is 12.5 Å². The molecule has 2 aromatic rings. The molecule has 0 unspecified atom stereocenters. The molecule has 3 rings (SSSR count). The van der Waals surface area contributed by atoms with E-state index in [0.29, 0.717) is 19.1 Å². The zero-order valence-corrected chi connectivity index (χ0v) is 16.4. The first-order chi connectivity index (χ1) is 12.7. The Morgan fingerprint density at radius 1 is 1.07 bits per heavy atom. The molecule has 1 aliphatic rings. The monoisotopic (exact) mass is 389 g/mol. The molecule has 146 valence electrons. The minimum Gasteiger partial charge on any atom is -0.492 e. The lowest BCUT2D eigenvalue weighted by Gasteiger charge is -2.24. The highest BCUT2D eigenvalue weighted by atomic mass is 35.5. The Bertz CT molecular complexity index is 690. The van der Waals surface area contributed by atoms with Gasteiger partial charge in [0.05, 0.1) is 0 Å². The first-order valence-electron chi connectivity index (χ1n) is 9.42. The first-order valence-corrected chi connectivity index (χ1v) is 9.42. The van der Waals surface area contributed by atoms with Crippen molar-refractivity contribution in [2.24, 2.45) is 0 Å². The molecule has 27 heavy (non-hydrogen) atoms. The number of hydrogen-bond acceptors (Lipinski definition) is 3. The van der Waals surface area contributed by atoms with Gasteiger partial charge in [-0.25, -0.2) is 0 Å². The second kappa shape index (κ2) is 11.0. The minimum atomic E-state index is -0.715. The Hall–Kier alpha value is -2.04. The SMILES string of the molecule is Cl.O=C(O)CCCN1CCC[C@@H]1COc1ccc(Cc2ccccc2)cc1. The lowest BCUT2D eigenvalue weighted by molar-refractivity contribution is -0.137. The maximum Gasteiger partial charge on any atom is 0.303 e. The van der Waals surface area contributed by atoms with Crippen LogP contribution in [0.25, 0.3) is 0 Å². The molecular weight excluding hydrogens is 362 g/mol. The summed E-state index contributed by atoms with van der Waals surface area (Å²) in [5.74, 6) is 0.187. The highest BCUT2D eigenvalue weighted by Gasteiger charge is 2.24. The highest BCUT2D eigenvalue weighted by Crippen LogP contribution is 2.20. The van der Waals surface area contributed by atoms with Crippen LogP contribution in [-0.4, -0.2) is 41.7 Å². The van der Waals surface area contributed by atoms with Crippen molar-refractivity contribution in [3.05, 3.63) is 65.7 Å². The summed E-state index contributed by atoms with van der Waals surface area (Å²) in [6.45, 7) is 2.56. The van der Waals surface area contributed by atoms with Gasteiger partial charge in [0.2, 0.25) is 0 Å². The van der Waals surface area contributed by atoms with Crippen LogP contribution in [0, 0.1) is 0 Å². The van der Waals surface area contributed by atoms with Crippen LogP contribution in [0.5, 0.6) is 5.75 Å². The van der Waals surface area contributed by atoms with Crippen LogP contribution in [0.1, 0.15) is 36.8 Å². The number of likely N-dealkylation sites (tertiary alicyclic amines) is 1. The smallest absolute Gasteiger partial charge is 0.303 e. The van der Waals surface area contributed by atoms with Crippen LogP contribution >= 0.6 is 12.4 Å². The molecule has 0 aromatic heterocycles. The third-order valence-corrected chi connectivity index (χ3v) is 4.95. The van der Waals surface area contributed by atoms with E-state index in [2.05, 4.69) is 41.3 Å². The van der Waals surface area contributed by atoms with Gasteiger partial charge < -0.3 is 9.84 Å². The molecule has 1 heterocycles. The molecule has 1 fully saturated rings. The molecule has 0 amide bonds. The number of hydrogen-bond donors (Lipinski definition) is 1. The van der Waals surface area contributed by atoms with Crippen molar-refractivity contribution in [1.82, 2.24) is 4.90 Å². The van der Waals surface area contributed by atoms with Gasteiger partial charge in [-0.3, -0.25) is 9.69 Å². The van der Waals surface area contributed by atoms with Gasteiger partial charge in [0.25, 0.3) is 0 Å². The van der Waals surface area contributed by atoms with Gasteiger partial charge in [0.1, 0.15) is 12.4 Å². The average Bonchev–Trinajstić information content (AvgIpc) is 3.09. The number of aliphatic carboxylic acids is 1. The molecule has 1 aliphatic heterocycles. The highest BCUT2D eigenvalue weighted by molar-refractivity contribution is 5.85. The van der Waals surface area contributed by atoms with Crippen LogP contribution in [0.15, 0.2) is 54.6 Å². The van der Waals surface area contributed by atoms with E-state index in [0.717, 1.165) is 38.1 Å². The van der Waals surface area contributed by atoms with Crippen molar-refractivity contribution in [2.75, 3.05) is 19.7 Å². The summed E-state index contributed by atoms with van der Waals surface area (Å²) in [5.41, 5.74) is 2.59. The quantitative estimate of drug-likeness (QED) is 0.690. The standard InChI is InChI=1S/C22H27NO3.ClH/c24-22(25)9-5-15-23-14-4-8-20(23)17-26-21-12-10-19(11-13-21)16-18-6-2-1-3-7-18;/h1-3,6-7,10-13,20H,4-5,8-9,14-17H2,(H,24,25);1H/t20-;/m1./s1. The van der Waals surface area contributed by atoms with Gasteiger partial charge in [-0.05, 0) is 62.0 Å². The predicted octanol–water partition coefficient (Wildman–Crippen LogP) is 4.41. The molecule has 1 saturated heterocycles. The van der Waals surface area contributed by atoms with E-state index >= 15 is 0 Å². The minimum absolute atomic E-state index is 0. The molecule has 4 nitrogen and oxygen atoms in total. The van der Waals surface area contributed by atoms with E-state index in [1.165, 1.54) is 11.1 Å². The normalized spacial score (nSPS) is 16.7. The van der Waals surface area contributed by atoms with E-state index in [1.54, 1.807) is 0 Å². The van der Waals surface area contributed by atoms with Crippen LogP contribution in [0.4, 0.5) is 0 Å². The Morgan fingerprint density at radius 3 is 2.48 bits per heavy atom. The number of ether oxygens (including phenoxy) is 1. The number of nitrogens with zero attached hydrogens (tertiary/aromatic N) is 1. The summed E-state index contributed by atoms with van der Waals surface area (Å²) >= 11 is 0. The zero-order valence-electron chi connectivity index (χ0n) is 15.5. The number of rotatable bonds is 9. The molecule has 1 atom stereocenters. The summed E-state index contributed by atoms with van der Waals surface area (Å²) < 4.78 is 5.99. The molecule has 0 radical (unpaired) electrons. The summed E-state index contributed by atoms with van der Waals surface area (Å²) in [5, 5.41) is 8.78. The van der Waals surface area contributed by atoms with Crippen molar-refractivity contribution >= 4 is 18.4 Å². The van der Waals surface area contributed by atoms with E-state index in [1.807, 2.05) is 18.2 Å². The summed E-state index contributed by atoms with van der Waals surface area (Å²) in [4.78, 5) is 13.0. The fourth-order valence-corrected chi connectivity index (χ4v) is 3.54. The van der Waals surface area contributed by atoms with Crippen molar-refractivity contribution in [2.45, 2.75) is 38.1 Å². The molecule has 0 saturated carbocycles. The molecule has 1 N–H and O–H groups in total. The second-order valence-electron chi connectivity index (χ2n) is 6.95. The maximum absolute atomic E-state index is 10.7. The number of carboxylic acids is 1. The molecular formula is C22H28ClNO3. The molecule has 0 aliphatic carbocycles. The number of carbonyl (C=O) groups is 1. The van der Waals surface area contributed by atoms with Gasteiger partial charge in [-0.15, -0.1) is 12.4 Å². The van der Waals surface area contributed by atoms with E-state index in [4.69, 9.17) is 9.84 Å². The predicted molar refractivity (Wildman–Crippen MR) is 110 cm³/mol. The third-order valence-electron chi connectivity index (χ3n) is 4.95. The van der Waals surface area contributed by atoms with E-state index in [9.17, 15) is 4.79 Å². The molecule has 5 heteroatoms. The summed E-state index contributed by atoms with van der Waals surface area (Å²) in [6.07, 6.45) is 4.17. The lowest BCUT2D eigenvalue weighted by Crippen LogP contribution is -2.35. The van der Waals surface area contributed by atoms with Crippen molar-refractivity contribution in [3.63, 3.8) is 0 Å². The van der Waals surface area contributed by atoms with E-state index in [-0.39, 0.29) is 18.8 Å². The van der Waals surface area contributed by atoms with Crippen LogP contribution in [0.3, 0.4) is 0 Å². The lowest BCUT2D eigenvalue weighted by atomic mass is 10.1. The number of benzene rings is 2. The first kappa shape index (κ1) is 21.3. The second-order valence-corrected chi connectivity index (χ2v) is 6.95. The molecule has 0 spiro atoms. The van der Waals surface area contributed by atoms with Gasteiger partial charge >= 0.3 is 5.97 Å². The Kier molecular flexibility index (Phi) is 8.62. The largest absolute Gasteiger partial charge is 0.492 e. The summed E-state index contributed by atoms with van der Waals surface area (Å²) in [7, 11) is 0. The Morgan fingerprint density at radius 2 is 1.78 bits per heavy atom. The average molecular weight is 390 g/mol. The fourth-order valence-electron chi connectivity index (χ4n) is 3.54. The van der Waals surface area contributed by atoms with E-state index < -0.39 is 5.97 Å². The zero-order chi connectivity index (χ0) is 18.2. The Labute approximate surface area is 167 Å². The maximum atomic E-state index is 10.7. The third kappa shape index (κ3) is 6.89.